The summed E-state index contributed by atoms with van der Waals surface area (Å²) in [6.07, 6.45) is 4.59. The monoisotopic (exact) mass is 195 g/mol. The quantitative estimate of drug-likeness (QED) is 0.749. The topological polar surface area (TPSA) is 57.8 Å². The third-order valence-corrected chi connectivity index (χ3v) is 2.02. The van der Waals surface area contributed by atoms with Crippen LogP contribution in [0.4, 0.5) is 5.95 Å². The Hall–Kier alpha value is -1.32. The molecule has 0 amide bonds. The van der Waals surface area contributed by atoms with Crippen LogP contribution in [0.15, 0.2) is 11.0 Å². The van der Waals surface area contributed by atoms with E-state index in [1.54, 1.807) is 6.20 Å². The van der Waals surface area contributed by atoms with E-state index in [2.05, 4.69) is 22.2 Å². The maximum absolute atomic E-state index is 11.5. The van der Waals surface area contributed by atoms with E-state index in [9.17, 15) is 4.79 Å². The highest BCUT2D eigenvalue weighted by Gasteiger charge is 2.00. The van der Waals surface area contributed by atoms with Crippen molar-refractivity contribution in [2.75, 3.05) is 11.9 Å². The molecule has 0 spiro atoms. The minimum Gasteiger partial charge on any atom is -0.356 e. The highest BCUT2D eigenvalue weighted by Crippen LogP contribution is 1.99. The van der Waals surface area contributed by atoms with Gasteiger partial charge in [0.15, 0.2) is 0 Å². The number of H-pyrrole nitrogens is 1. The molecule has 0 aliphatic rings. The number of aromatic amines is 1. The Kier molecular flexibility index (Phi) is 4.16. The molecule has 0 unspecified atom stereocenters. The molecule has 0 atom stereocenters. The molecule has 1 heterocycles. The van der Waals surface area contributed by atoms with E-state index in [0.717, 1.165) is 31.4 Å². The van der Waals surface area contributed by atoms with Crippen LogP contribution < -0.4 is 10.9 Å². The van der Waals surface area contributed by atoms with Crippen LogP contribution in [0.1, 0.15) is 32.3 Å². The number of aromatic nitrogens is 2. The fraction of sp³-hybridized carbons (Fsp3) is 0.600. The average Bonchev–Trinajstić information content (AvgIpc) is 2.17. The van der Waals surface area contributed by atoms with E-state index in [4.69, 9.17) is 0 Å². The van der Waals surface area contributed by atoms with Crippen LogP contribution in [-0.2, 0) is 6.42 Å². The Balaban J connectivity index is 2.74. The largest absolute Gasteiger partial charge is 0.356 e. The van der Waals surface area contributed by atoms with Gasteiger partial charge in [0.25, 0.3) is 5.56 Å². The lowest BCUT2D eigenvalue weighted by Gasteiger charge is -2.02. The SMILES string of the molecule is CCCCc1cnc(NCC)[nH]c1=O. The predicted octanol–water partition coefficient (Wildman–Crippen LogP) is 1.54. The van der Waals surface area contributed by atoms with Crippen molar-refractivity contribution in [2.45, 2.75) is 33.1 Å². The van der Waals surface area contributed by atoms with Gasteiger partial charge in [0.2, 0.25) is 5.95 Å². The van der Waals surface area contributed by atoms with Gasteiger partial charge in [-0.1, -0.05) is 13.3 Å². The Bertz CT molecular complexity index is 332. The molecule has 0 radical (unpaired) electrons. The summed E-state index contributed by atoms with van der Waals surface area (Å²) < 4.78 is 0. The fourth-order valence-electron chi connectivity index (χ4n) is 1.22. The summed E-state index contributed by atoms with van der Waals surface area (Å²) >= 11 is 0. The van der Waals surface area contributed by atoms with Gasteiger partial charge < -0.3 is 5.32 Å². The predicted molar refractivity (Wildman–Crippen MR) is 57.6 cm³/mol. The van der Waals surface area contributed by atoms with Crippen molar-refractivity contribution in [3.05, 3.63) is 22.1 Å². The Morgan fingerprint density at radius 1 is 1.50 bits per heavy atom. The number of anilines is 1. The molecule has 0 fully saturated rings. The minimum atomic E-state index is -0.0237. The van der Waals surface area contributed by atoms with Gasteiger partial charge in [-0.25, -0.2) is 4.98 Å². The third kappa shape index (κ3) is 2.87. The van der Waals surface area contributed by atoms with Gasteiger partial charge >= 0.3 is 0 Å². The molecule has 14 heavy (non-hydrogen) atoms. The van der Waals surface area contributed by atoms with E-state index in [0.29, 0.717) is 5.95 Å². The van der Waals surface area contributed by atoms with Gasteiger partial charge in [0.1, 0.15) is 0 Å². The van der Waals surface area contributed by atoms with Crippen molar-refractivity contribution in [3.8, 4) is 0 Å². The van der Waals surface area contributed by atoms with E-state index in [1.165, 1.54) is 0 Å². The number of rotatable bonds is 5. The van der Waals surface area contributed by atoms with Crippen molar-refractivity contribution in [1.82, 2.24) is 9.97 Å². The first-order valence-electron chi connectivity index (χ1n) is 5.10. The lowest BCUT2D eigenvalue weighted by Crippen LogP contribution is -2.16. The van der Waals surface area contributed by atoms with Crippen LogP contribution in [0.3, 0.4) is 0 Å². The van der Waals surface area contributed by atoms with Crippen molar-refractivity contribution in [2.24, 2.45) is 0 Å². The molecule has 0 bridgehead atoms. The van der Waals surface area contributed by atoms with Crippen LogP contribution in [0.5, 0.6) is 0 Å². The summed E-state index contributed by atoms with van der Waals surface area (Å²) in [5, 5.41) is 2.96. The van der Waals surface area contributed by atoms with Crippen LogP contribution in [0.2, 0.25) is 0 Å². The molecule has 0 saturated heterocycles. The normalized spacial score (nSPS) is 10.1. The van der Waals surface area contributed by atoms with Crippen molar-refractivity contribution in [1.29, 1.82) is 0 Å². The number of aryl methyl sites for hydroxylation is 1. The molecule has 0 aliphatic carbocycles. The van der Waals surface area contributed by atoms with Gasteiger partial charge in [-0.15, -0.1) is 0 Å². The number of nitrogens with one attached hydrogen (secondary N) is 2. The van der Waals surface area contributed by atoms with Crippen LogP contribution in [-0.4, -0.2) is 16.5 Å². The lowest BCUT2D eigenvalue weighted by atomic mass is 10.1. The maximum Gasteiger partial charge on any atom is 0.255 e. The Morgan fingerprint density at radius 2 is 2.29 bits per heavy atom. The van der Waals surface area contributed by atoms with Crippen molar-refractivity contribution >= 4 is 5.95 Å². The zero-order chi connectivity index (χ0) is 10.4. The van der Waals surface area contributed by atoms with E-state index < -0.39 is 0 Å². The first-order chi connectivity index (χ1) is 6.77. The van der Waals surface area contributed by atoms with Gasteiger partial charge in [-0.2, -0.15) is 0 Å². The zero-order valence-corrected chi connectivity index (χ0v) is 8.76. The van der Waals surface area contributed by atoms with Gasteiger partial charge in [-0.3, -0.25) is 9.78 Å². The highest BCUT2D eigenvalue weighted by atomic mass is 16.1. The smallest absolute Gasteiger partial charge is 0.255 e. The molecule has 2 N–H and O–H groups in total. The Labute approximate surface area is 83.8 Å². The molecular weight excluding hydrogens is 178 g/mol. The Morgan fingerprint density at radius 3 is 2.86 bits per heavy atom. The first-order valence-corrected chi connectivity index (χ1v) is 5.10. The average molecular weight is 195 g/mol. The van der Waals surface area contributed by atoms with Gasteiger partial charge in [0.05, 0.1) is 0 Å². The van der Waals surface area contributed by atoms with Crippen molar-refractivity contribution < 1.29 is 0 Å². The zero-order valence-electron chi connectivity index (χ0n) is 8.76. The number of unbranched alkanes of at least 4 members (excludes halogenated alkanes) is 1. The first kappa shape index (κ1) is 10.8. The summed E-state index contributed by atoms with van der Waals surface area (Å²) in [4.78, 5) is 18.3. The molecule has 78 valence electrons. The molecule has 4 nitrogen and oxygen atoms in total. The molecule has 1 aromatic heterocycles. The molecule has 1 aromatic rings. The number of nitrogens with zero attached hydrogens (tertiary/aromatic N) is 1. The minimum absolute atomic E-state index is 0.0237. The summed E-state index contributed by atoms with van der Waals surface area (Å²) in [6, 6.07) is 0. The molecule has 0 aliphatic heterocycles. The second-order valence-corrected chi connectivity index (χ2v) is 3.22. The highest BCUT2D eigenvalue weighted by molar-refractivity contribution is 5.24. The number of hydrogen-bond acceptors (Lipinski definition) is 3. The molecule has 1 rings (SSSR count). The van der Waals surface area contributed by atoms with Gasteiger partial charge in [0, 0.05) is 18.3 Å². The number of hydrogen-bond donors (Lipinski definition) is 2. The van der Waals surface area contributed by atoms with Crippen molar-refractivity contribution in [3.63, 3.8) is 0 Å². The molecular formula is C10H17N3O. The summed E-state index contributed by atoms with van der Waals surface area (Å²) in [5.74, 6) is 0.553. The standard InChI is InChI=1S/C10H17N3O/c1-3-5-6-8-7-12-10(11-4-2)13-9(8)14/h7H,3-6H2,1-2H3,(H2,11,12,13,14). The van der Waals surface area contributed by atoms with E-state index >= 15 is 0 Å². The van der Waals surface area contributed by atoms with E-state index in [-0.39, 0.29) is 5.56 Å². The molecule has 0 aromatic carbocycles. The summed E-state index contributed by atoms with van der Waals surface area (Å²) in [7, 11) is 0. The summed E-state index contributed by atoms with van der Waals surface area (Å²) in [6.45, 7) is 4.83. The van der Waals surface area contributed by atoms with Gasteiger partial charge in [-0.05, 0) is 19.8 Å². The van der Waals surface area contributed by atoms with Crippen LogP contribution in [0.25, 0.3) is 0 Å². The third-order valence-electron chi connectivity index (χ3n) is 2.02. The second kappa shape index (κ2) is 5.42. The summed E-state index contributed by atoms with van der Waals surface area (Å²) in [5.41, 5.74) is 0.748. The molecule has 0 saturated carbocycles. The van der Waals surface area contributed by atoms with Crippen LogP contribution in [0, 0.1) is 0 Å². The second-order valence-electron chi connectivity index (χ2n) is 3.22. The van der Waals surface area contributed by atoms with E-state index in [1.807, 2.05) is 6.92 Å². The maximum atomic E-state index is 11.5. The fourth-order valence-corrected chi connectivity index (χ4v) is 1.22. The molecule has 4 heteroatoms. The lowest BCUT2D eigenvalue weighted by molar-refractivity contribution is 0.781. The van der Waals surface area contributed by atoms with Crippen LogP contribution >= 0.6 is 0 Å².